The molecule has 1 aromatic rings. The largest absolute Gasteiger partial charge is 0.494 e. The smallest absolute Gasteiger partial charge is 0.165 e. The summed E-state index contributed by atoms with van der Waals surface area (Å²) in [6.45, 7) is 0. The Hall–Kier alpha value is -1.38. The Bertz CT molecular complexity index is 297. The van der Waals surface area contributed by atoms with Crippen LogP contribution < -0.4 is 4.74 Å². The molecular formula is C10H11FO2. The van der Waals surface area contributed by atoms with Gasteiger partial charge in [-0.1, -0.05) is 6.07 Å². The summed E-state index contributed by atoms with van der Waals surface area (Å²) in [6, 6.07) is 4.61. The van der Waals surface area contributed by atoms with Crippen molar-refractivity contribution in [3.05, 3.63) is 29.6 Å². The summed E-state index contributed by atoms with van der Waals surface area (Å²) >= 11 is 0. The van der Waals surface area contributed by atoms with Gasteiger partial charge in [-0.25, -0.2) is 4.39 Å². The molecule has 0 fully saturated rings. The molecular weight excluding hydrogens is 171 g/mol. The van der Waals surface area contributed by atoms with Crippen molar-refractivity contribution in [1.29, 1.82) is 0 Å². The lowest BCUT2D eigenvalue weighted by Crippen LogP contribution is -1.91. The lowest BCUT2D eigenvalue weighted by Gasteiger charge is -2.03. The summed E-state index contributed by atoms with van der Waals surface area (Å²) in [5.74, 6) is -0.152. The number of carbonyl (C=O) groups is 1. The van der Waals surface area contributed by atoms with Gasteiger partial charge in [0.05, 0.1) is 7.11 Å². The number of carbonyl (C=O) groups excluding carboxylic acids is 1. The van der Waals surface area contributed by atoms with Crippen LogP contribution in [-0.4, -0.2) is 13.4 Å². The van der Waals surface area contributed by atoms with Gasteiger partial charge in [0.15, 0.2) is 11.6 Å². The minimum Gasteiger partial charge on any atom is -0.494 e. The molecule has 0 amide bonds. The van der Waals surface area contributed by atoms with Gasteiger partial charge in [-0.05, 0) is 24.1 Å². The molecule has 3 heteroatoms. The predicted octanol–water partition coefficient (Wildman–Crippen LogP) is 1.97. The average molecular weight is 182 g/mol. The van der Waals surface area contributed by atoms with Crippen molar-refractivity contribution in [3.8, 4) is 5.75 Å². The Morgan fingerprint density at radius 2 is 2.31 bits per heavy atom. The molecule has 0 aliphatic carbocycles. The van der Waals surface area contributed by atoms with Crippen LogP contribution in [0.3, 0.4) is 0 Å². The van der Waals surface area contributed by atoms with Crippen molar-refractivity contribution in [2.45, 2.75) is 12.8 Å². The molecule has 70 valence electrons. The van der Waals surface area contributed by atoms with Gasteiger partial charge >= 0.3 is 0 Å². The van der Waals surface area contributed by atoms with Crippen LogP contribution in [0.5, 0.6) is 5.75 Å². The summed E-state index contributed by atoms with van der Waals surface area (Å²) in [5, 5.41) is 0. The van der Waals surface area contributed by atoms with Crippen molar-refractivity contribution in [3.63, 3.8) is 0 Å². The molecule has 0 saturated carbocycles. The highest BCUT2D eigenvalue weighted by atomic mass is 19.1. The molecule has 0 spiro atoms. The zero-order chi connectivity index (χ0) is 9.68. The molecule has 13 heavy (non-hydrogen) atoms. The number of benzene rings is 1. The molecule has 0 bridgehead atoms. The van der Waals surface area contributed by atoms with Crippen molar-refractivity contribution < 1.29 is 13.9 Å². The number of methoxy groups -OCH3 is 1. The van der Waals surface area contributed by atoms with Gasteiger partial charge in [-0.3, -0.25) is 0 Å². The Morgan fingerprint density at radius 1 is 1.54 bits per heavy atom. The van der Waals surface area contributed by atoms with Gasteiger partial charge < -0.3 is 9.53 Å². The first-order chi connectivity index (χ1) is 6.27. The highest BCUT2D eigenvalue weighted by Gasteiger charge is 2.02. The number of ether oxygens (including phenoxy) is 1. The third-order valence-corrected chi connectivity index (χ3v) is 1.77. The van der Waals surface area contributed by atoms with Gasteiger partial charge in [0.2, 0.25) is 0 Å². The van der Waals surface area contributed by atoms with Gasteiger partial charge in [-0.2, -0.15) is 0 Å². The van der Waals surface area contributed by atoms with E-state index in [1.807, 2.05) is 0 Å². The summed E-state index contributed by atoms with van der Waals surface area (Å²) in [5.41, 5.74) is 0.908. The summed E-state index contributed by atoms with van der Waals surface area (Å²) in [6.07, 6.45) is 1.92. The van der Waals surface area contributed by atoms with E-state index < -0.39 is 0 Å². The van der Waals surface area contributed by atoms with Crippen LogP contribution in [0.15, 0.2) is 18.2 Å². The highest BCUT2D eigenvalue weighted by molar-refractivity contribution is 5.50. The van der Waals surface area contributed by atoms with E-state index in [4.69, 9.17) is 4.74 Å². The standard InChI is InChI=1S/C10H11FO2/c1-13-10-7-8(3-2-6-12)4-5-9(10)11/h4-7H,2-3H2,1H3. The number of halogens is 1. The Labute approximate surface area is 76.3 Å². The fourth-order valence-electron chi connectivity index (χ4n) is 1.09. The second-order valence-electron chi connectivity index (χ2n) is 2.67. The van der Waals surface area contributed by atoms with Crippen molar-refractivity contribution in [2.24, 2.45) is 0 Å². The molecule has 2 nitrogen and oxygen atoms in total. The minimum absolute atomic E-state index is 0.225. The zero-order valence-electron chi connectivity index (χ0n) is 7.42. The fourth-order valence-corrected chi connectivity index (χ4v) is 1.09. The predicted molar refractivity (Wildman–Crippen MR) is 47.3 cm³/mol. The molecule has 0 unspecified atom stereocenters. The fraction of sp³-hybridized carbons (Fsp3) is 0.300. The molecule has 0 N–H and O–H groups in total. The zero-order valence-corrected chi connectivity index (χ0v) is 7.42. The third-order valence-electron chi connectivity index (χ3n) is 1.77. The van der Waals surface area contributed by atoms with Crippen LogP contribution in [0.2, 0.25) is 0 Å². The Balaban J connectivity index is 2.79. The van der Waals surface area contributed by atoms with Gasteiger partial charge in [0.25, 0.3) is 0 Å². The second-order valence-corrected chi connectivity index (χ2v) is 2.67. The average Bonchev–Trinajstić information content (AvgIpc) is 2.16. The molecule has 0 heterocycles. The van der Waals surface area contributed by atoms with Crippen LogP contribution in [0.25, 0.3) is 0 Å². The second kappa shape index (κ2) is 4.60. The van der Waals surface area contributed by atoms with E-state index in [0.717, 1.165) is 11.8 Å². The number of aldehydes is 1. The van der Waals surface area contributed by atoms with Crippen molar-refractivity contribution in [2.75, 3.05) is 7.11 Å². The molecule has 0 aliphatic heterocycles. The lowest BCUT2D eigenvalue weighted by molar-refractivity contribution is -0.107. The van der Waals surface area contributed by atoms with E-state index in [1.165, 1.54) is 13.2 Å². The Kier molecular flexibility index (Phi) is 3.43. The summed E-state index contributed by atoms with van der Waals surface area (Å²) in [4.78, 5) is 10.1. The Morgan fingerprint density at radius 3 is 2.92 bits per heavy atom. The van der Waals surface area contributed by atoms with Crippen LogP contribution in [-0.2, 0) is 11.2 Å². The van der Waals surface area contributed by atoms with E-state index in [1.54, 1.807) is 12.1 Å². The molecule has 0 radical (unpaired) electrons. The van der Waals surface area contributed by atoms with Gasteiger partial charge in [-0.15, -0.1) is 0 Å². The maximum atomic E-state index is 12.9. The monoisotopic (exact) mass is 182 g/mol. The van der Waals surface area contributed by atoms with Crippen LogP contribution in [0.4, 0.5) is 4.39 Å². The topological polar surface area (TPSA) is 26.3 Å². The molecule has 1 aromatic carbocycles. The van der Waals surface area contributed by atoms with E-state index >= 15 is 0 Å². The lowest BCUT2D eigenvalue weighted by atomic mass is 10.1. The number of hydrogen-bond acceptors (Lipinski definition) is 2. The number of rotatable bonds is 4. The van der Waals surface area contributed by atoms with Gasteiger partial charge in [0, 0.05) is 6.42 Å². The highest BCUT2D eigenvalue weighted by Crippen LogP contribution is 2.18. The van der Waals surface area contributed by atoms with E-state index in [9.17, 15) is 9.18 Å². The van der Waals surface area contributed by atoms with E-state index in [0.29, 0.717) is 12.8 Å². The molecule has 1 rings (SSSR count). The quantitative estimate of drug-likeness (QED) is 0.665. The minimum atomic E-state index is -0.377. The maximum absolute atomic E-state index is 12.9. The van der Waals surface area contributed by atoms with Crippen LogP contribution in [0.1, 0.15) is 12.0 Å². The van der Waals surface area contributed by atoms with E-state index in [-0.39, 0.29) is 11.6 Å². The summed E-state index contributed by atoms with van der Waals surface area (Å²) < 4.78 is 17.7. The van der Waals surface area contributed by atoms with Gasteiger partial charge in [0.1, 0.15) is 6.29 Å². The first-order valence-electron chi connectivity index (χ1n) is 4.04. The first-order valence-corrected chi connectivity index (χ1v) is 4.04. The summed E-state index contributed by atoms with van der Waals surface area (Å²) in [7, 11) is 1.42. The molecule has 0 aliphatic rings. The molecule has 0 aromatic heterocycles. The normalized spacial score (nSPS) is 9.69. The van der Waals surface area contributed by atoms with Crippen LogP contribution >= 0.6 is 0 Å². The SMILES string of the molecule is COc1cc(CCC=O)ccc1F. The number of aryl methyl sites for hydroxylation is 1. The molecule has 0 saturated heterocycles. The van der Waals surface area contributed by atoms with E-state index in [2.05, 4.69) is 0 Å². The first kappa shape index (κ1) is 9.71. The maximum Gasteiger partial charge on any atom is 0.165 e. The van der Waals surface area contributed by atoms with Crippen molar-refractivity contribution in [1.82, 2.24) is 0 Å². The van der Waals surface area contributed by atoms with Crippen LogP contribution in [0, 0.1) is 5.82 Å². The van der Waals surface area contributed by atoms with Crippen molar-refractivity contribution >= 4 is 6.29 Å². The third kappa shape index (κ3) is 2.54. The molecule has 0 atom stereocenters. The number of hydrogen-bond donors (Lipinski definition) is 0.